The molecule has 0 atom stereocenters. The van der Waals surface area contributed by atoms with Gasteiger partial charge >= 0.3 is 0 Å². The molecule has 0 bridgehead atoms. The maximum Gasteiger partial charge on any atom is 0.0340 e. The van der Waals surface area contributed by atoms with Gasteiger partial charge in [-0.15, -0.1) is 0 Å². The zero-order chi connectivity index (χ0) is 9.56. The molecular formula is C10H17I2N. The number of anilines is 1. The Balaban J connectivity index is 0. The van der Waals surface area contributed by atoms with Gasteiger partial charge in [-0.05, 0) is 37.1 Å². The van der Waals surface area contributed by atoms with E-state index in [4.69, 9.17) is 0 Å². The van der Waals surface area contributed by atoms with Crippen LogP contribution in [-0.2, 0) is 0 Å². The Labute approximate surface area is 105 Å². The molecule has 1 N–H and O–H groups in total. The lowest BCUT2D eigenvalue weighted by molar-refractivity contribution is 1.33. The average Bonchev–Trinajstić information content (AvgIpc) is 2.13. The summed E-state index contributed by atoms with van der Waals surface area (Å²) < 4.78 is 0. The fourth-order valence-electron chi connectivity index (χ4n) is 0.897. The highest BCUT2D eigenvalue weighted by Gasteiger charge is 1.91. The largest absolute Gasteiger partial charge is 0.388 e. The molecule has 0 unspecified atom stereocenters. The Kier molecular flexibility index (Phi) is 11.1. The molecule has 1 nitrogen and oxygen atoms in total. The highest BCUT2D eigenvalue weighted by Crippen LogP contribution is 2.12. The summed E-state index contributed by atoms with van der Waals surface area (Å²) in [5.74, 6) is 0. The SMILES string of the molecule is C.CNc1ccc(C)c(C)c1.II. The molecule has 0 radical (unpaired) electrons. The molecule has 0 spiro atoms. The van der Waals surface area contributed by atoms with E-state index < -0.39 is 0 Å². The van der Waals surface area contributed by atoms with Gasteiger partial charge < -0.3 is 5.32 Å². The second-order valence-electron chi connectivity index (χ2n) is 2.55. The normalized spacial score (nSPS) is 7.77. The van der Waals surface area contributed by atoms with Crippen molar-refractivity contribution in [1.29, 1.82) is 0 Å². The molecular weight excluding hydrogens is 388 g/mol. The Hall–Kier alpha value is 0.480. The van der Waals surface area contributed by atoms with E-state index in [2.05, 4.69) is 74.6 Å². The lowest BCUT2D eigenvalue weighted by Gasteiger charge is -2.02. The molecule has 0 amide bonds. The van der Waals surface area contributed by atoms with Crippen molar-refractivity contribution in [2.75, 3.05) is 12.4 Å². The second kappa shape index (κ2) is 9.05. The minimum absolute atomic E-state index is 0. The predicted molar refractivity (Wildman–Crippen MR) is 80.2 cm³/mol. The topological polar surface area (TPSA) is 12.0 Å². The summed E-state index contributed by atoms with van der Waals surface area (Å²) >= 11 is 4.24. The van der Waals surface area contributed by atoms with Crippen molar-refractivity contribution in [3.63, 3.8) is 0 Å². The molecule has 3 heteroatoms. The van der Waals surface area contributed by atoms with E-state index in [-0.39, 0.29) is 7.43 Å². The van der Waals surface area contributed by atoms with Gasteiger partial charge in [-0.2, -0.15) is 0 Å². The predicted octanol–water partition coefficient (Wildman–Crippen LogP) is 4.75. The number of hydrogen-bond acceptors (Lipinski definition) is 1. The minimum atomic E-state index is 0. The number of rotatable bonds is 1. The molecule has 0 aliphatic rings. The van der Waals surface area contributed by atoms with E-state index in [1.54, 1.807) is 0 Å². The van der Waals surface area contributed by atoms with E-state index in [1.807, 2.05) is 7.05 Å². The van der Waals surface area contributed by atoms with Crippen LogP contribution in [0.5, 0.6) is 0 Å². The van der Waals surface area contributed by atoms with Gasteiger partial charge in [-0.1, -0.05) is 13.5 Å². The zero-order valence-electron chi connectivity index (χ0n) is 7.49. The van der Waals surface area contributed by atoms with Gasteiger partial charge in [0.05, 0.1) is 0 Å². The van der Waals surface area contributed by atoms with Gasteiger partial charge in [0.2, 0.25) is 0 Å². The van der Waals surface area contributed by atoms with E-state index in [9.17, 15) is 0 Å². The summed E-state index contributed by atoms with van der Waals surface area (Å²) in [6, 6.07) is 6.36. The van der Waals surface area contributed by atoms with Crippen molar-refractivity contribution in [1.82, 2.24) is 0 Å². The fourth-order valence-corrected chi connectivity index (χ4v) is 0.897. The van der Waals surface area contributed by atoms with Crippen LogP contribution in [0.4, 0.5) is 5.69 Å². The molecule has 0 saturated heterocycles. The Morgan fingerprint density at radius 1 is 1.08 bits per heavy atom. The van der Waals surface area contributed by atoms with Crippen LogP contribution in [0.2, 0.25) is 0 Å². The van der Waals surface area contributed by atoms with Crippen LogP contribution in [0.15, 0.2) is 18.2 Å². The smallest absolute Gasteiger partial charge is 0.0340 e. The van der Waals surface area contributed by atoms with Crippen molar-refractivity contribution in [2.45, 2.75) is 21.3 Å². The summed E-state index contributed by atoms with van der Waals surface area (Å²) in [6.07, 6.45) is 0. The summed E-state index contributed by atoms with van der Waals surface area (Å²) in [6.45, 7) is 4.24. The molecule has 76 valence electrons. The lowest BCUT2D eigenvalue weighted by Crippen LogP contribution is -1.89. The van der Waals surface area contributed by atoms with E-state index in [0.717, 1.165) is 0 Å². The zero-order valence-corrected chi connectivity index (χ0v) is 11.8. The van der Waals surface area contributed by atoms with Crippen molar-refractivity contribution in [3.05, 3.63) is 29.3 Å². The highest BCUT2D eigenvalue weighted by atomic mass is 128. The number of hydrogen-bond donors (Lipinski definition) is 1. The van der Waals surface area contributed by atoms with Crippen LogP contribution in [0.1, 0.15) is 18.6 Å². The number of nitrogens with one attached hydrogen (secondary N) is 1. The third-order valence-corrected chi connectivity index (χ3v) is 1.80. The Bertz CT molecular complexity index is 236. The van der Waals surface area contributed by atoms with Gasteiger partial charge in [0.15, 0.2) is 0 Å². The van der Waals surface area contributed by atoms with E-state index in [0.29, 0.717) is 0 Å². The molecule has 0 fully saturated rings. The maximum absolute atomic E-state index is 3.10. The molecule has 1 aromatic carbocycles. The first-order valence-electron chi connectivity index (χ1n) is 3.63. The number of aryl methyl sites for hydroxylation is 2. The third kappa shape index (κ3) is 5.72. The van der Waals surface area contributed by atoms with Gasteiger partial charge in [0.25, 0.3) is 0 Å². The summed E-state index contributed by atoms with van der Waals surface area (Å²) in [5.41, 5.74) is 3.87. The molecule has 0 aliphatic heterocycles. The molecule has 0 aromatic heterocycles. The third-order valence-electron chi connectivity index (χ3n) is 1.80. The molecule has 0 aliphatic carbocycles. The van der Waals surface area contributed by atoms with Crippen LogP contribution >= 0.6 is 37.2 Å². The quantitative estimate of drug-likeness (QED) is 0.666. The molecule has 0 saturated carbocycles. The second-order valence-corrected chi connectivity index (χ2v) is 2.55. The monoisotopic (exact) mass is 405 g/mol. The van der Waals surface area contributed by atoms with Crippen molar-refractivity contribution < 1.29 is 0 Å². The van der Waals surface area contributed by atoms with Crippen LogP contribution in [-0.4, -0.2) is 7.05 Å². The molecule has 1 rings (SSSR count). The first kappa shape index (κ1) is 15.9. The number of benzene rings is 1. The van der Waals surface area contributed by atoms with Crippen molar-refractivity contribution in [2.24, 2.45) is 0 Å². The number of halogens is 2. The summed E-state index contributed by atoms with van der Waals surface area (Å²) in [5, 5.41) is 3.10. The maximum atomic E-state index is 3.10. The van der Waals surface area contributed by atoms with Crippen LogP contribution in [0.3, 0.4) is 0 Å². The molecule has 13 heavy (non-hydrogen) atoms. The van der Waals surface area contributed by atoms with Gasteiger partial charge in [-0.25, -0.2) is 0 Å². The van der Waals surface area contributed by atoms with E-state index >= 15 is 0 Å². The highest BCUT2D eigenvalue weighted by molar-refractivity contribution is 15.0. The fraction of sp³-hybridized carbons (Fsp3) is 0.400. The van der Waals surface area contributed by atoms with Crippen LogP contribution < -0.4 is 5.32 Å². The standard InChI is InChI=1S/C9H13N.CH4.I2/c1-7-4-5-9(10-3)6-8(7)2;;1-2/h4-6,10H,1-3H3;1H4;. The molecule has 1 aromatic rings. The van der Waals surface area contributed by atoms with Gasteiger partial charge in [-0.3, -0.25) is 0 Å². The van der Waals surface area contributed by atoms with Crippen molar-refractivity contribution >= 4 is 42.9 Å². The van der Waals surface area contributed by atoms with Crippen molar-refractivity contribution in [3.8, 4) is 0 Å². The molecule has 0 heterocycles. The van der Waals surface area contributed by atoms with Gasteiger partial charge in [0.1, 0.15) is 0 Å². The Morgan fingerprint density at radius 2 is 1.62 bits per heavy atom. The Morgan fingerprint density at radius 3 is 2.00 bits per heavy atom. The first-order valence-corrected chi connectivity index (χ1v) is 9.92. The van der Waals surface area contributed by atoms with Crippen LogP contribution in [0.25, 0.3) is 0 Å². The minimum Gasteiger partial charge on any atom is -0.388 e. The summed E-state index contributed by atoms with van der Waals surface area (Å²) in [7, 11) is 1.93. The van der Waals surface area contributed by atoms with Gasteiger partial charge in [0, 0.05) is 50.0 Å². The first-order chi connectivity index (χ1) is 5.74. The lowest BCUT2D eigenvalue weighted by atomic mass is 10.1. The van der Waals surface area contributed by atoms with E-state index in [1.165, 1.54) is 16.8 Å². The summed E-state index contributed by atoms with van der Waals surface area (Å²) in [4.78, 5) is 0. The average molecular weight is 405 g/mol. The van der Waals surface area contributed by atoms with Crippen LogP contribution in [0, 0.1) is 13.8 Å².